The zero-order valence-electron chi connectivity index (χ0n) is 17.3. The van der Waals surface area contributed by atoms with Crippen molar-refractivity contribution in [1.29, 1.82) is 0 Å². The Morgan fingerprint density at radius 1 is 1.32 bits per heavy atom. The van der Waals surface area contributed by atoms with Crippen molar-refractivity contribution in [2.45, 2.75) is 37.9 Å². The van der Waals surface area contributed by atoms with E-state index in [1.54, 1.807) is 12.1 Å². The molecule has 3 heterocycles. The fourth-order valence-corrected chi connectivity index (χ4v) is 5.02. The molecule has 0 unspecified atom stereocenters. The minimum atomic E-state index is -0.400. The molecule has 0 bridgehead atoms. The predicted molar refractivity (Wildman–Crippen MR) is 117 cm³/mol. The maximum Gasteiger partial charge on any atom is 0.270 e. The van der Waals surface area contributed by atoms with Crippen LogP contribution in [0.2, 0.25) is 5.02 Å². The largest absolute Gasteiger partial charge is 0.488 e. The monoisotopic (exact) mass is 442 g/mol. The van der Waals surface area contributed by atoms with Crippen molar-refractivity contribution < 1.29 is 18.7 Å². The molecule has 162 valence electrons. The Hall–Kier alpha value is -2.57. The molecule has 1 spiro atoms. The molecule has 2 aliphatic heterocycles. The molecular weight excluding hydrogens is 419 g/mol. The van der Waals surface area contributed by atoms with E-state index in [0.717, 1.165) is 41.5 Å². The number of aromatic amines is 1. The minimum absolute atomic E-state index is 0.0732. The molecule has 2 aliphatic rings. The van der Waals surface area contributed by atoms with E-state index in [4.69, 9.17) is 21.1 Å². The third-order valence-electron chi connectivity index (χ3n) is 6.33. The Morgan fingerprint density at radius 3 is 3.03 bits per heavy atom. The Morgan fingerprint density at radius 2 is 2.19 bits per heavy atom. The smallest absolute Gasteiger partial charge is 0.270 e. The lowest BCUT2D eigenvalue weighted by atomic mass is 9.89. The van der Waals surface area contributed by atoms with Crippen molar-refractivity contribution in [2.24, 2.45) is 0 Å². The lowest BCUT2D eigenvalue weighted by Crippen LogP contribution is -2.50. The number of carbonyl (C=O) groups excluding carboxylic acids is 1. The van der Waals surface area contributed by atoms with Gasteiger partial charge in [-0.05, 0) is 61.7 Å². The van der Waals surface area contributed by atoms with Crippen LogP contribution < -0.4 is 4.74 Å². The maximum atomic E-state index is 13.7. The first kappa shape index (κ1) is 20.3. The van der Waals surface area contributed by atoms with Crippen molar-refractivity contribution >= 4 is 28.4 Å². The van der Waals surface area contributed by atoms with Crippen LogP contribution in [0.15, 0.2) is 42.5 Å². The first-order valence-corrected chi connectivity index (χ1v) is 10.9. The Labute approximate surface area is 185 Å². The molecule has 2 fully saturated rings. The number of rotatable bonds is 3. The SMILES string of the molecule is Cc1c(C(=O)N2CCC[C@@]3(C[C@@H](Oc4cccc(Cl)c4)CO3)C2)[nH]c2ccc(F)cc12. The predicted octanol–water partition coefficient (Wildman–Crippen LogP) is 5.11. The maximum absolute atomic E-state index is 13.7. The van der Waals surface area contributed by atoms with Gasteiger partial charge < -0.3 is 19.4 Å². The molecule has 2 saturated heterocycles. The van der Waals surface area contributed by atoms with Crippen LogP contribution in [-0.4, -0.2) is 47.2 Å². The van der Waals surface area contributed by atoms with Crippen molar-refractivity contribution in [3.63, 3.8) is 0 Å². The number of H-pyrrole nitrogens is 1. The molecule has 0 aliphatic carbocycles. The van der Waals surface area contributed by atoms with Crippen LogP contribution in [-0.2, 0) is 4.74 Å². The lowest BCUT2D eigenvalue weighted by molar-refractivity contribution is -0.0454. The molecule has 0 saturated carbocycles. The summed E-state index contributed by atoms with van der Waals surface area (Å²) in [6, 6.07) is 11.9. The number of likely N-dealkylation sites (tertiary alicyclic amines) is 1. The molecule has 7 heteroatoms. The Bertz CT molecular complexity index is 1150. The topological polar surface area (TPSA) is 54.6 Å². The standard InChI is InChI=1S/C24H24ClFN2O3/c1-15-20-11-17(26)6-7-21(20)27-22(15)23(29)28-9-3-8-24(14-28)12-19(13-30-24)31-18-5-2-4-16(25)10-18/h2,4-7,10-11,19,27H,3,8-9,12-14H2,1H3/t19-,24-/m1/s1. The fraction of sp³-hybridized carbons (Fsp3) is 0.375. The van der Waals surface area contributed by atoms with Gasteiger partial charge in [-0.15, -0.1) is 0 Å². The molecule has 2 aromatic carbocycles. The number of piperidine rings is 1. The summed E-state index contributed by atoms with van der Waals surface area (Å²) in [4.78, 5) is 18.3. The van der Waals surface area contributed by atoms with Gasteiger partial charge >= 0.3 is 0 Å². The van der Waals surface area contributed by atoms with E-state index in [9.17, 15) is 9.18 Å². The number of benzene rings is 2. The molecule has 1 aromatic heterocycles. The zero-order valence-corrected chi connectivity index (χ0v) is 18.0. The van der Waals surface area contributed by atoms with E-state index in [1.165, 1.54) is 12.1 Å². The van der Waals surface area contributed by atoms with Gasteiger partial charge in [0.15, 0.2) is 0 Å². The second-order valence-corrected chi connectivity index (χ2v) is 8.98. The fourth-order valence-electron chi connectivity index (χ4n) is 4.84. The van der Waals surface area contributed by atoms with Gasteiger partial charge in [-0.2, -0.15) is 0 Å². The van der Waals surface area contributed by atoms with Crippen LogP contribution >= 0.6 is 11.6 Å². The number of halogens is 2. The van der Waals surface area contributed by atoms with Crippen molar-refractivity contribution in [2.75, 3.05) is 19.7 Å². The van der Waals surface area contributed by atoms with Gasteiger partial charge in [-0.3, -0.25) is 4.79 Å². The summed E-state index contributed by atoms with van der Waals surface area (Å²) in [6.07, 6.45) is 2.40. The second kappa shape index (κ2) is 7.84. The summed E-state index contributed by atoms with van der Waals surface area (Å²) >= 11 is 6.06. The number of hydrogen-bond donors (Lipinski definition) is 1. The minimum Gasteiger partial charge on any atom is -0.488 e. The van der Waals surface area contributed by atoms with Gasteiger partial charge in [-0.1, -0.05) is 17.7 Å². The third kappa shape index (κ3) is 3.90. The van der Waals surface area contributed by atoms with Gasteiger partial charge in [0.25, 0.3) is 5.91 Å². The number of nitrogens with zero attached hydrogens (tertiary/aromatic N) is 1. The highest BCUT2D eigenvalue weighted by Gasteiger charge is 2.45. The van der Waals surface area contributed by atoms with Crippen molar-refractivity contribution in [3.8, 4) is 5.75 Å². The first-order valence-electron chi connectivity index (χ1n) is 10.6. The van der Waals surface area contributed by atoms with Crippen molar-refractivity contribution in [3.05, 3.63) is 64.6 Å². The highest BCUT2D eigenvalue weighted by molar-refractivity contribution is 6.30. The molecule has 5 rings (SSSR count). The molecule has 3 aromatic rings. The van der Waals surface area contributed by atoms with Crippen LogP contribution in [0.1, 0.15) is 35.3 Å². The Kier molecular flexibility index (Phi) is 5.15. The average molecular weight is 443 g/mol. The highest BCUT2D eigenvalue weighted by atomic mass is 35.5. The molecule has 1 N–H and O–H groups in total. The summed E-state index contributed by atoms with van der Waals surface area (Å²) in [6.45, 7) is 3.53. The van der Waals surface area contributed by atoms with Gasteiger partial charge in [-0.25, -0.2) is 4.39 Å². The van der Waals surface area contributed by atoms with E-state index >= 15 is 0 Å². The molecule has 0 radical (unpaired) electrons. The van der Waals surface area contributed by atoms with Gasteiger partial charge in [0.1, 0.15) is 23.4 Å². The quantitative estimate of drug-likeness (QED) is 0.613. The van der Waals surface area contributed by atoms with E-state index in [0.29, 0.717) is 30.4 Å². The average Bonchev–Trinajstić information content (AvgIpc) is 3.28. The van der Waals surface area contributed by atoms with Crippen LogP contribution in [0.5, 0.6) is 5.75 Å². The molecule has 1 amide bonds. The van der Waals surface area contributed by atoms with Crippen LogP contribution in [0.3, 0.4) is 0 Å². The van der Waals surface area contributed by atoms with Crippen LogP contribution in [0.4, 0.5) is 4.39 Å². The number of hydrogen-bond acceptors (Lipinski definition) is 3. The normalized spacial score (nSPS) is 23.6. The van der Waals surface area contributed by atoms with Gasteiger partial charge in [0.2, 0.25) is 0 Å². The Balaban J connectivity index is 1.31. The van der Waals surface area contributed by atoms with Gasteiger partial charge in [0.05, 0.1) is 18.8 Å². The summed E-state index contributed by atoms with van der Waals surface area (Å²) in [5, 5.41) is 1.37. The van der Waals surface area contributed by atoms with E-state index in [-0.39, 0.29) is 17.8 Å². The zero-order chi connectivity index (χ0) is 21.6. The summed E-state index contributed by atoms with van der Waals surface area (Å²) in [5.41, 5.74) is 1.65. The number of aryl methyl sites for hydroxylation is 1. The summed E-state index contributed by atoms with van der Waals surface area (Å²) < 4.78 is 25.9. The lowest BCUT2D eigenvalue weighted by Gasteiger charge is -2.39. The van der Waals surface area contributed by atoms with Crippen LogP contribution in [0, 0.1) is 12.7 Å². The summed E-state index contributed by atoms with van der Waals surface area (Å²) in [5.74, 6) is 0.342. The summed E-state index contributed by atoms with van der Waals surface area (Å²) in [7, 11) is 0. The number of aromatic nitrogens is 1. The number of fused-ring (bicyclic) bond motifs is 1. The second-order valence-electron chi connectivity index (χ2n) is 8.54. The number of carbonyl (C=O) groups is 1. The number of ether oxygens (including phenoxy) is 2. The molecular formula is C24H24ClFN2O3. The molecule has 31 heavy (non-hydrogen) atoms. The van der Waals surface area contributed by atoms with E-state index in [2.05, 4.69) is 4.98 Å². The highest BCUT2D eigenvalue weighted by Crippen LogP contribution is 2.37. The number of nitrogens with one attached hydrogen (secondary N) is 1. The van der Waals surface area contributed by atoms with Crippen LogP contribution in [0.25, 0.3) is 10.9 Å². The third-order valence-corrected chi connectivity index (χ3v) is 6.57. The van der Waals surface area contributed by atoms with Gasteiger partial charge in [0, 0.05) is 28.9 Å². The van der Waals surface area contributed by atoms with E-state index in [1.807, 2.05) is 30.0 Å². The molecule has 5 nitrogen and oxygen atoms in total. The van der Waals surface area contributed by atoms with E-state index < -0.39 is 5.60 Å². The van der Waals surface area contributed by atoms with Crippen molar-refractivity contribution in [1.82, 2.24) is 9.88 Å². The molecule has 2 atom stereocenters. The number of amides is 1. The first-order chi connectivity index (χ1) is 14.9.